The summed E-state index contributed by atoms with van der Waals surface area (Å²) in [6.45, 7) is 0. The van der Waals surface area contributed by atoms with E-state index in [1.54, 1.807) is 7.11 Å². The van der Waals surface area contributed by atoms with Crippen molar-refractivity contribution in [3.63, 3.8) is 0 Å². The molecule has 25 heavy (non-hydrogen) atoms. The van der Waals surface area contributed by atoms with Crippen LogP contribution in [0.4, 0.5) is 0 Å². The first-order valence-electron chi connectivity index (χ1n) is 8.07. The fraction of sp³-hybridized carbons (Fsp3) is 0.0476. The first-order chi connectivity index (χ1) is 12.3. The highest BCUT2D eigenvalue weighted by molar-refractivity contribution is 5.63. The molecule has 0 bridgehead atoms. The number of hydrogen-bond donors (Lipinski definition) is 0. The molecule has 0 saturated carbocycles. The lowest BCUT2D eigenvalue weighted by molar-refractivity contribution is 0.414. The van der Waals surface area contributed by atoms with Crippen LogP contribution in [0.2, 0.25) is 0 Å². The molecule has 0 fully saturated rings. The van der Waals surface area contributed by atoms with Crippen molar-refractivity contribution in [2.45, 2.75) is 0 Å². The van der Waals surface area contributed by atoms with Crippen LogP contribution in [0.25, 0.3) is 28.5 Å². The zero-order chi connectivity index (χ0) is 17.1. The van der Waals surface area contributed by atoms with Crippen LogP contribution in [0.15, 0.2) is 84.9 Å². The largest absolute Gasteiger partial charge is 0.497 e. The van der Waals surface area contributed by atoms with Crippen molar-refractivity contribution in [2.24, 2.45) is 0 Å². The van der Waals surface area contributed by atoms with Crippen LogP contribution in [0.3, 0.4) is 0 Å². The van der Waals surface area contributed by atoms with Crippen LogP contribution < -0.4 is 4.74 Å². The number of hydrogen-bond acceptors (Lipinski definition) is 3. The molecule has 3 aromatic carbocycles. The van der Waals surface area contributed by atoms with Crippen LogP contribution in [0.1, 0.15) is 0 Å². The van der Waals surface area contributed by atoms with Crippen LogP contribution >= 0.6 is 0 Å². The zero-order valence-electron chi connectivity index (χ0n) is 13.8. The van der Waals surface area contributed by atoms with Crippen molar-refractivity contribution in [1.29, 1.82) is 0 Å². The van der Waals surface area contributed by atoms with Crippen molar-refractivity contribution in [3.05, 3.63) is 84.9 Å². The highest BCUT2D eigenvalue weighted by atomic mass is 16.5. The van der Waals surface area contributed by atoms with E-state index in [1.807, 2.05) is 89.6 Å². The smallest absolute Gasteiger partial charge is 0.182 e. The maximum atomic E-state index is 5.25. The highest BCUT2D eigenvalue weighted by Crippen LogP contribution is 2.26. The van der Waals surface area contributed by atoms with Gasteiger partial charge in [0.15, 0.2) is 11.6 Å². The van der Waals surface area contributed by atoms with E-state index >= 15 is 0 Å². The molecule has 0 aliphatic heterocycles. The molecule has 4 rings (SSSR count). The summed E-state index contributed by atoms with van der Waals surface area (Å²) in [6.07, 6.45) is 0. The van der Waals surface area contributed by atoms with Gasteiger partial charge in [0.05, 0.1) is 12.8 Å². The van der Waals surface area contributed by atoms with Gasteiger partial charge in [-0.2, -0.15) is 0 Å². The Balaban J connectivity index is 1.87. The topological polar surface area (TPSA) is 39.9 Å². The van der Waals surface area contributed by atoms with Gasteiger partial charge in [-0.3, -0.25) is 0 Å². The van der Waals surface area contributed by atoms with E-state index in [4.69, 9.17) is 14.8 Å². The van der Waals surface area contributed by atoms with Crippen LogP contribution in [0, 0.1) is 0 Å². The van der Waals surface area contributed by atoms with Gasteiger partial charge in [0, 0.05) is 11.1 Å². The summed E-state index contributed by atoms with van der Waals surface area (Å²) >= 11 is 0. The molecule has 4 aromatic rings. The van der Waals surface area contributed by atoms with Crippen molar-refractivity contribution < 1.29 is 4.74 Å². The van der Waals surface area contributed by atoms with Gasteiger partial charge in [-0.05, 0) is 24.3 Å². The molecule has 0 unspecified atom stereocenters. The minimum atomic E-state index is 0.704. The SMILES string of the molecule is COc1ccc(-n2nc(-c3ccccc3)nc2-c2ccccc2)cc1. The van der Waals surface area contributed by atoms with E-state index in [1.165, 1.54) is 0 Å². The fourth-order valence-corrected chi connectivity index (χ4v) is 2.70. The molecule has 1 aromatic heterocycles. The van der Waals surface area contributed by atoms with Crippen molar-refractivity contribution in [1.82, 2.24) is 14.8 Å². The summed E-state index contributed by atoms with van der Waals surface area (Å²) in [5.74, 6) is 2.33. The lowest BCUT2D eigenvalue weighted by Gasteiger charge is -2.07. The van der Waals surface area contributed by atoms with Gasteiger partial charge in [-0.15, -0.1) is 5.10 Å². The molecule has 0 radical (unpaired) electrons. The second-order valence-corrected chi connectivity index (χ2v) is 5.60. The lowest BCUT2D eigenvalue weighted by Crippen LogP contribution is -1.99. The van der Waals surface area contributed by atoms with Crippen molar-refractivity contribution in [2.75, 3.05) is 7.11 Å². The van der Waals surface area contributed by atoms with Gasteiger partial charge in [0.1, 0.15) is 5.75 Å². The highest BCUT2D eigenvalue weighted by Gasteiger charge is 2.14. The molecule has 0 saturated heterocycles. The van der Waals surface area contributed by atoms with Gasteiger partial charge in [-0.1, -0.05) is 60.7 Å². The average molecular weight is 327 g/mol. The lowest BCUT2D eigenvalue weighted by atomic mass is 10.2. The number of nitrogens with zero attached hydrogens (tertiary/aromatic N) is 3. The Morgan fingerprint density at radius 2 is 1.32 bits per heavy atom. The Morgan fingerprint density at radius 1 is 0.720 bits per heavy atom. The predicted molar refractivity (Wildman–Crippen MR) is 98.8 cm³/mol. The zero-order valence-corrected chi connectivity index (χ0v) is 13.8. The fourth-order valence-electron chi connectivity index (χ4n) is 2.70. The number of ether oxygens (including phenoxy) is 1. The number of methoxy groups -OCH3 is 1. The molecule has 0 amide bonds. The third-order valence-corrected chi connectivity index (χ3v) is 3.99. The molecule has 0 N–H and O–H groups in total. The molecule has 0 atom stereocenters. The molecule has 0 aliphatic carbocycles. The Bertz CT molecular complexity index is 961. The number of aromatic nitrogens is 3. The van der Waals surface area contributed by atoms with Crippen LogP contribution in [-0.2, 0) is 0 Å². The third kappa shape index (κ3) is 3.02. The predicted octanol–water partition coefficient (Wildman–Crippen LogP) is 4.61. The summed E-state index contributed by atoms with van der Waals surface area (Å²) in [5, 5.41) is 4.75. The van der Waals surface area contributed by atoms with Gasteiger partial charge in [0.2, 0.25) is 0 Å². The van der Waals surface area contributed by atoms with Gasteiger partial charge < -0.3 is 4.74 Å². The molecule has 0 spiro atoms. The Labute approximate surface area is 146 Å². The second kappa shape index (κ2) is 6.61. The maximum absolute atomic E-state index is 5.25. The van der Waals surface area contributed by atoms with E-state index in [0.717, 1.165) is 28.4 Å². The molecule has 4 nitrogen and oxygen atoms in total. The summed E-state index contributed by atoms with van der Waals surface area (Å²) in [5.41, 5.74) is 2.95. The van der Waals surface area contributed by atoms with E-state index in [-0.39, 0.29) is 0 Å². The number of rotatable bonds is 4. The summed E-state index contributed by atoms with van der Waals surface area (Å²) in [6, 6.07) is 27.9. The maximum Gasteiger partial charge on any atom is 0.182 e. The standard InChI is InChI=1S/C21H17N3O/c1-25-19-14-12-18(13-15-19)24-21(17-10-6-3-7-11-17)22-20(23-24)16-8-4-2-5-9-16/h2-15H,1H3. The monoisotopic (exact) mass is 327 g/mol. The minimum Gasteiger partial charge on any atom is -0.497 e. The summed E-state index contributed by atoms with van der Waals surface area (Å²) in [7, 11) is 1.66. The quantitative estimate of drug-likeness (QED) is 0.549. The summed E-state index contributed by atoms with van der Waals surface area (Å²) < 4.78 is 7.12. The van der Waals surface area contributed by atoms with Gasteiger partial charge >= 0.3 is 0 Å². The normalized spacial score (nSPS) is 10.6. The van der Waals surface area contributed by atoms with Gasteiger partial charge in [0.25, 0.3) is 0 Å². The van der Waals surface area contributed by atoms with E-state index in [9.17, 15) is 0 Å². The first kappa shape index (κ1) is 15.1. The molecule has 0 aliphatic rings. The Kier molecular flexibility index (Phi) is 4.01. The second-order valence-electron chi connectivity index (χ2n) is 5.60. The first-order valence-corrected chi connectivity index (χ1v) is 8.07. The Hall–Kier alpha value is -3.40. The van der Waals surface area contributed by atoms with Crippen molar-refractivity contribution >= 4 is 0 Å². The third-order valence-electron chi connectivity index (χ3n) is 3.99. The van der Waals surface area contributed by atoms with E-state index in [2.05, 4.69) is 0 Å². The van der Waals surface area contributed by atoms with Gasteiger partial charge in [-0.25, -0.2) is 9.67 Å². The number of benzene rings is 3. The minimum absolute atomic E-state index is 0.704. The van der Waals surface area contributed by atoms with Crippen LogP contribution in [0.5, 0.6) is 5.75 Å². The summed E-state index contributed by atoms with van der Waals surface area (Å²) in [4.78, 5) is 4.79. The molecular formula is C21H17N3O. The molecule has 1 heterocycles. The Morgan fingerprint density at radius 3 is 1.92 bits per heavy atom. The molecule has 4 heteroatoms. The molecular weight excluding hydrogens is 310 g/mol. The molecule has 122 valence electrons. The van der Waals surface area contributed by atoms with E-state index < -0.39 is 0 Å². The van der Waals surface area contributed by atoms with E-state index in [0.29, 0.717) is 5.82 Å². The average Bonchev–Trinajstić information content (AvgIpc) is 3.15. The van der Waals surface area contributed by atoms with Crippen LogP contribution in [-0.4, -0.2) is 21.9 Å². The van der Waals surface area contributed by atoms with Crippen molar-refractivity contribution in [3.8, 4) is 34.2 Å².